The fraction of sp³-hybridized carbons (Fsp3) is 0. The fourth-order valence-electron chi connectivity index (χ4n) is 1.09. The van der Waals surface area contributed by atoms with E-state index in [1.54, 1.807) is 6.20 Å². The van der Waals surface area contributed by atoms with Gasteiger partial charge in [-0.05, 0) is 28.1 Å². The molecule has 3 nitrogen and oxygen atoms in total. The van der Waals surface area contributed by atoms with Gasteiger partial charge in [0.2, 0.25) is 0 Å². The summed E-state index contributed by atoms with van der Waals surface area (Å²) in [6, 6.07) is 7.49. The fourth-order valence-corrected chi connectivity index (χ4v) is 1.60. The highest BCUT2D eigenvalue weighted by atomic mass is 79.9. The Bertz CT molecular complexity index is 432. The normalized spacial score (nSPS) is 10.0. The van der Waals surface area contributed by atoms with Crippen LogP contribution in [0.2, 0.25) is 5.02 Å². The first-order valence-corrected chi connectivity index (χ1v) is 5.41. The van der Waals surface area contributed by atoms with Crippen LogP contribution >= 0.6 is 27.5 Å². The van der Waals surface area contributed by atoms with Crippen molar-refractivity contribution in [1.29, 1.82) is 0 Å². The van der Waals surface area contributed by atoms with Gasteiger partial charge in [0.05, 0.1) is 15.2 Å². The summed E-state index contributed by atoms with van der Waals surface area (Å²) in [5, 5.41) is 3.77. The van der Waals surface area contributed by atoms with Crippen molar-refractivity contribution in [2.75, 3.05) is 5.32 Å². The van der Waals surface area contributed by atoms with E-state index in [-0.39, 0.29) is 0 Å². The van der Waals surface area contributed by atoms with Crippen LogP contribution < -0.4 is 5.32 Å². The Morgan fingerprint density at radius 2 is 2.07 bits per heavy atom. The minimum Gasteiger partial charge on any atom is -0.338 e. The molecule has 1 heterocycles. The lowest BCUT2D eigenvalue weighted by Crippen LogP contribution is -1.95. The van der Waals surface area contributed by atoms with Crippen LogP contribution in [0.25, 0.3) is 0 Å². The SMILES string of the molecule is Clc1ccccc1Nc1ncncc1Br. The molecule has 0 saturated carbocycles. The zero-order valence-electron chi connectivity index (χ0n) is 7.61. The van der Waals surface area contributed by atoms with Crippen molar-refractivity contribution in [3.05, 3.63) is 46.3 Å². The maximum Gasteiger partial charge on any atom is 0.148 e. The Morgan fingerprint density at radius 3 is 2.80 bits per heavy atom. The van der Waals surface area contributed by atoms with E-state index in [9.17, 15) is 0 Å². The first-order chi connectivity index (χ1) is 7.27. The van der Waals surface area contributed by atoms with E-state index < -0.39 is 0 Å². The molecule has 0 spiro atoms. The zero-order chi connectivity index (χ0) is 10.7. The van der Waals surface area contributed by atoms with Crippen LogP contribution in [0.1, 0.15) is 0 Å². The molecule has 0 saturated heterocycles. The lowest BCUT2D eigenvalue weighted by Gasteiger charge is -2.07. The van der Waals surface area contributed by atoms with Gasteiger partial charge < -0.3 is 5.32 Å². The van der Waals surface area contributed by atoms with E-state index in [0.29, 0.717) is 10.8 Å². The molecule has 2 aromatic rings. The highest BCUT2D eigenvalue weighted by molar-refractivity contribution is 9.10. The number of nitrogens with one attached hydrogen (secondary N) is 1. The monoisotopic (exact) mass is 283 g/mol. The molecular formula is C10H7BrClN3. The zero-order valence-corrected chi connectivity index (χ0v) is 9.96. The second kappa shape index (κ2) is 4.59. The van der Waals surface area contributed by atoms with Crippen LogP contribution in [-0.4, -0.2) is 9.97 Å². The molecule has 76 valence electrons. The number of anilines is 2. The van der Waals surface area contributed by atoms with E-state index in [0.717, 1.165) is 10.2 Å². The van der Waals surface area contributed by atoms with Gasteiger partial charge in [0.25, 0.3) is 0 Å². The maximum absolute atomic E-state index is 6.01. The van der Waals surface area contributed by atoms with Crippen molar-refractivity contribution < 1.29 is 0 Å². The second-order valence-corrected chi connectivity index (χ2v) is 4.09. The van der Waals surface area contributed by atoms with Crippen LogP contribution in [0, 0.1) is 0 Å². The highest BCUT2D eigenvalue weighted by Crippen LogP contribution is 2.27. The average Bonchev–Trinajstić information content (AvgIpc) is 2.24. The molecule has 0 unspecified atom stereocenters. The third kappa shape index (κ3) is 2.46. The first kappa shape index (κ1) is 10.4. The number of benzene rings is 1. The maximum atomic E-state index is 6.01. The van der Waals surface area contributed by atoms with Crippen LogP contribution in [0.15, 0.2) is 41.3 Å². The number of nitrogens with zero attached hydrogens (tertiary/aromatic N) is 2. The van der Waals surface area contributed by atoms with Crippen LogP contribution in [0.4, 0.5) is 11.5 Å². The molecule has 1 N–H and O–H groups in total. The van der Waals surface area contributed by atoms with Crippen molar-refractivity contribution in [3.63, 3.8) is 0 Å². The third-order valence-corrected chi connectivity index (χ3v) is 2.70. The minimum absolute atomic E-state index is 0.656. The van der Waals surface area contributed by atoms with Crippen molar-refractivity contribution >= 4 is 39.0 Å². The lowest BCUT2D eigenvalue weighted by atomic mass is 10.3. The Balaban J connectivity index is 2.30. The quantitative estimate of drug-likeness (QED) is 0.915. The molecule has 0 amide bonds. The van der Waals surface area contributed by atoms with Crippen molar-refractivity contribution in [2.45, 2.75) is 0 Å². The minimum atomic E-state index is 0.656. The van der Waals surface area contributed by atoms with Gasteiger partial charge in [-0.1, -0.05) is 23.7 Å². The van der Waals surface area contributed by atoms with Crippen molar-refractivity contribution in [2.24, 2.45) is 0 Å². The number of rotatable bonds is 2. The highest BCUT2D eigenvalue weighted by Gasteiger charge is 2.03. The van der Waals surface area contributed by atoms with Crippen molar-refractivity contribution in [1.82, 2.24) is 9.97 Å². The Kier molecular flexibility index (Phi) is 3.18. The number of para-hydroxylation sites is 1. The molecule has 2 rings (SSSR count). The van der Waals surface area contributed by atoms with E-state index >= 15 is 0 Å². The standard InChI is InChI=1S/C10H7BrClN3/c11-7-5-13-6-14-10(7)15-9-4-2-1-3-8(9)12/h1-6H,(H,13,14,15). The summed E-state index contributed by atoms with van der Waals surface area (Å²) < 4.78 is 0.796. The third-order valence-electron chi connectivity index (χ3n) is 1.79. The predicted octanol–water partition coefficient (Wildman–Crippen LogP) is 3.64. The molecule has 0 atom stereocenters. The van der Waals surface area contributed by atoms with E-state index in [1.807, 2.05) is 24.3 Å². The summed E-state index contributed by atoms with van der Waals surface area (Å²) >= 11 is 9.35. The largest absolute Gasteiger partial charge is 0.338 e. The van der Waals surface area contributed by atoms with Gasteiger partial charge in [0.15, 0.2) is 0 Å². The Labute approximate surface area is 101 Å². The van der Waals surface area contributed by atoms with Crippen LogP contribution in [0.3, 0.4) is 0 Å². The summed E-state index contributed by atoms with van der Waals surface area (Å²) in [5.74, 6) is 0.693. The summed E-state index contributed by atoms with van der Waals surface area (Å²) in [6.45, 7) is 0. The molecule has 5 heteroatoms. The van der Waals surface area contributed by atoms with Crippen molar-refractivity contribution in [3.8, 4) is 0 Å². The number of hydrogen-bond acceptors (Lipinski definition) is 3. The number of halogens is 2. The van der Waals surface area contributed by atoms with Crippen LogP contribution in [-0.2, 0) is 0 Å². The average molecular weight is 285 g/mol. The molecule has 15 heavy (non-hydrogen) atoms. The summed E-state index contributed by atoms with van der Waals surface area (Å²) in [4.78, 5) is 7.96. The van der Waals surface area contributed by atoms with E-state index in [1.165, 1.54) is 6.33 Å². The topological polar surface area (TPSA) is 37.8 Å². The van der Waals surface area contributed by atoms with E-state index in [4.69, 9.17) is 11.6 Å². The smallest absolute Gasteiger partial charge is 0.148 e. The van der Waals surface area contributed by atoms with Gasteiger partial charge in [-0.3, -0.25) is 0 Å². The molecular weight excluding hydrogens is 277 g/mol. The second-order valence-electron chi connectivity index (χ2n) is 2.82. The Morgan fingerprint density at radius 1 is 1.27 bits per heavy atom. The molecule has 0 fully saturated rings. The molecule has 0 aliphatic rings. The van der Waals surface area contributed by atoms with Crippen LogP contribution in [0.5, 0.6) is 0 Å². The van der Waals surface area contributed by atoms with Gasteiger partial charge in [0.1, 0.15) is 12.1 Å². The van der Waals surface area contributed by atoms with Gasteiger partial charge in [-0.15, -0.1) is 0 Å². The molecule has 0 aliphatic heterocycles. The molecule has 0 bridgehead atoms. The predicted molar refractivity (Wildman–Crippen MR) is 64.5 cm³/mol. The summed E-state index contributed by atoms with van der Waals surface area (Å²) in [5.41, 5.74) is 0.818. The number of hydrogen-bond donors (Lipinski definition) is 1. The Hall–Kier alpha value is -1.13. The van der Waals surface area contributed by atoms with Gasteiger partial charge in [0, 0.05) is 6.20 Å². The van der Waals surface area contributed by atoms with Gasteiger partial charge >= 0.3 is 0 Å². The molecule has 1 aromatic heterocycles. The van der Waals surface area contributed by atoms with E-state index in [2.05, 4.69) is 31.2 Å². The molecule has 0 radical (unpaired) electrons. The van der Waals surface area contributed by atoms with Gasteiger partial charge in [-0.25, -0.2) is 9.97 Å². The lowest BCUT2D eigenvalue weighted by molar-refractivity contribution is 1.15. The molecule has 1 aromatic carbocycles. The summed E-state index contributed by atoms with van der Waals surface area (Å²) in [7, 11) is 0. The molecule has 0 aliphatic carbocycles. The number of aromatic nitrogens is 2. The van der Waals surface area contributed by atoms with Gasteiger partial charge in [-0.2, -0.15) is 0 Å². The summed E-state index contributed by atoms with van der Waals surface area (Å²) in [6.07, 6.45) is 3.15. The first-order valence-electron chi connectivity index (χ1n) is 4.24.